The first-order valence-corrected chi connectivity index (χ1v) is 7.63. The van der Waals surface area contributed by atoms with E-state index in [1.165, 1.54) is 23.2 Å². The van der Waals surface area contributed by atoms with Crippen LogP contribution >= 0.6 is 11.3 Å². The van der Waals surface area contributed by atoms with Gasteiger partial charge in [-0.15, -0.1) is 11.3 Å². The van der Waals surface area contributed by atoms with Crippen LogP contribution in [-0.2, 0) is 4.79 Å². The Morgan fingerprint density at radius 2 is 2.09 bits per heavy atom. The van der Waals surface area contributed by atoms with Gasteiger partial charge in [0.25, 0.3) is 0 Å². The lowest BCUT2D eigenvalue weighted by molar-refractivity contribution is -0.114. The number of hydrogen-bond donors (Lipinski definition) is 2. The molecule has 0 saturated heterocycles. The molecule has 2 rings (SSSR count). The molecule has 3 amide bonds. The maximum Gasteiger partial charge on any atom is 0.325 e. The predicted molar refractivity (Wildman–Crippen MR) is 88.7 cm³/mol. The lowest BCUT2D eigenvalue weighted by Gasteiger charge is -2.18. The fraction of sp³-hybridized carbons (Fsp3) is 0.267. The van der Waals surface area contributed by atoms with Crippen molar-refractivity contribution < 1.29 is 9.59 Å². The Labute approximate surface area is 133 Å². The quantitative estimate of drug-likeness (QED) is 0.905. The molecule has 0 saturated carbocycles. The molecular formula is C15H18N4O2S. The molecule has 7 heteroatoms. The number of rotatable bonds is 4. The molecule has 0 bridgehead atoms. The van der Waals surface area contributed by atoms with Crippen LogP contribution in [0.25, 0.3) is 0 Å². The van der Waals surface area contributed by atoms with Crippen molar-refractivity contribution in [1.82, 2.24) is 4.98 Å². The summed E-state index contributed by atoms with van der Waals surface area (Å²) in [6.07, 6.45) is 1.75. The molecule has 0 unspecified atom stereocenters. The third-order valence-electron chi connectivity index (χ3n) is 2.92. The van der Waals surface area contributed by atoms with Crippen molar-refractivity contribution in [2.45, 2.75) is 26.7 Å². The van der Waals surface area contributed by atoms with Crippen molar-refractivity contribution >= 4 is 39.8 Å². The number of benzene rings is 1. The van der Waals surface area contributed by atoms with Crippen LogP contribution in [0.4, 0.5) is 21.3 Å². The van der Waals surface area contributed by atoms with E-state index in [-0.39, 0.29) is 5.91 Å². The molecule has 116 valence electrons. The molecule has 0 fully saturated rings. The first-order valence-electron chi connectivity index (χ1n) is 6.81. The van der Waals surface area contributed by atoms with E-state index in [2.05, 4.69) is 24.1 Å². The second kappa shape index (κ2) is 6.57. The van der Waals surface area contributed by atoms with Gasteiger partial charge in [0.15, 0.2) is 5.13 Å². The van der Waals surface area contributed by atoms with Crippen molar-refractivity contribution in [3.8, 4) is 0 Å². The third kappa shape index (κ3) is 3.62. The Balaban J connectivity index is 2.39. The smallest absolute Gasteiger partial charge is 0.325 e. The van der Waals surface area contributed by atoms with E-state index in [1.54, 1.807) is 30.5 Å². The van der Waals surface area contributed by atoms with Crippen molar-refractivity contribution in [3.63, 3.8) is 0 Å². The molecular weight excluding hydrogens is 300 g/mol. The second-order valence-corrected chi connectivity index (χ2v) is 6.15. The lowest BCUT2D eigenvalue weighted by Crippen LogP contribution is -2.31. The Bertz CT molecular complexity index is 696. The molecule has 0 aliphatic heterocycles. The normalized spacial score (nSPS) is 10.5. The summed E-state index contributed by atoms with van der Waals surface area (Å²) < 4.78 is 0. The molecule has 6 nitrogen and oxygen atoms in total. The van der Waals surface area contributed by atoms with Crippen LogP contribution in [0.3, 0.4) is 0 Å². The summed E-state index contributed by atoms with van der Waals surface area (Å²) in [5.41, 5.74) is 6.66. The molecule has 22 heavy (non-hydrogen) atoms. The maximum absolute atomic E-state index is 11.8. The first kappa shape index (κ1) is 16.0. The van der Waals surface area contributed by atoms with E-state index in [0.29, 0.717) is 22.4 Å². The predicted octanol–water partition coefficient (Wildman–Crippen LogP) is 3.44. The summed E-state index contributed by atoms with van der Waals surface area (Å²) in [6.45, 7) is 5.54. The number of carbonyl (C=O) groups excluding carboxylic acids is 2. The van der Waals surface area contributed by atoms with Crippen molar-refractivity contribution in [2.24, 2.45) is 5.73 Å². The summed E-state index contributed by atoms with van der Waals surface area (Å²) in [5, 5.41) is 3.19. The van der Waals surface area contributed by atoms with Crippen LogP contribution in [0.5, 0.6) is 0 Å². The monoisotopic (exact) mass is 318 g/mol. The summed E-state index contributed by atoms with van der Waals surface area (Å²) in [6, 6.07) is 6.29. The average Bonchev–Trinajstić information content (AvgIpc) is 2.87. The highest BCUT2D eigenvalue weighted by Crippen LogP contribution is 2.33. The van der Waals surface area contributed by atoms with Gasteiger partial charge in [0.1, 0.15) is 0 Å². The SMILES string of the molecule is CC(=O)Nc1cccc(N(C(N)=O)c2ncc(C(C)C)s2)c1. The molecule has 0 aliphatic rings. The van der Waals surface area contributed by atoms with E-state index >= 15 is 0 Å². The van der Waals surface area contributed by atoms with E-state index in [4.69, 9.17) is 5.73 Å². The molecule has 0 aliphatic carbocycles. The summed E-state index contributed by atoms with van der Waals surface area (Å²) in [4.78, 5) is 29.7. The minimum absolute atomic E-state index is 0.181. The van der Waals surface area contributed by atoms with E-state index in [1.807, 2.05) is 0 Å². The van der Waals surface area contributed by atoms with E-state index < -0.39 is 6.03 Å². The van der Waals surface area contributed by atoms with Crippen LogP contribution in [0.2, 0.25) is 0 Å². The molecule has 0 spiro atoms. The van der Waals surface area contributed by atoms with Gasteiger partial charge in [-0.1, -0.05) is 19.9 Å². The van der Waals surface area contributed by atoms with Gasteiger partial charge in [0, 0.05) is 23.7 Å². The van der Waals surface area contributed by atoms with Gasteiger partial charge in [-0.05, 0) is 24.1 Å². The Kier molecular flexibility index (Phi) is 4.77. The van der Waals surface area contributed by atoms with E-state index in [0.717, 1.165) is 4.88 Å². The number of thiazole rings is 1. The number of aromatic nitrogens is 1. The number of primary amides is 1. The van der Waals surface area contributed by atoms with Gasteiger partial charge in [-0.25, -0.2) is 14.7 Å². The Hall–Kier alpha value is -2.41. The number of carbonyl (C=O) groups is 2. The molecule has 0 radical (unpaired) electrons. The zero-order valence-electron chi connectivity index (χ0n) is 12.7. The van der Waals surface area contributed by atoms with Crippen molar-refractivity contribution in [1.29, 1.82) is 0 Å². The summed E-state index contributed by atoms with van der Waals surface area (Å²) in [5.74, 6) is 0.144. The third-order valence-corrected chi connectivity index (χ3v) is 4.20. The number of amides is 3. The molecule has 1 aromatic heterocycles. The van der Waals surface area contributed by atoms with Crippen LogP contribution in [-0.4, -0.2) is 16.9 Å². The Morgan fingerprint density at radius 1 is 1.36 bits per heavy atom. The molecule has 3 N–H and O–H groups in total. The topological polar surface area (TPSA) is 88.3 Å². The summed E-state index contributed by atoms with van der Waals surface area (Å²) in [7, 11) is 0. The minimum Gasteiger partial charge on any atom is -0.351 e. The largest absolute Gasteiger partial charge is 0.351 e. The van der Waals surface area contributed by atoms with Gasteiger partial charge in [0.2, 0.25) is 5.91 Å². The Morgan fingerprint density at radius 3 is 2.64 bits per heavy atom. The van der Waals surface area contributed by atoms with Crippen LogP contribution < -0.4 is 16.0 Å². The van der Waals surface area contributed by atoms with Gasteiger partial charge >= 0.3 is 6.03 Å². The lowest BCUT2D eigenvalue weighted by atomic mass is 10.2. The van der Waals surface area contributed by atoms with Gasteiger partial charge < -0.3 is 11.1 Å². The molecule has 0 atom stereocenters. The van der Waals surface area contributed by atoms with Gasteiger partial charge in [0.05, 0.1) is 5.69 Å². The van der Waals surface area contributed by atoms with Crippen molar-refractivity contribution in [2.75, 3.05) is 10.2 Å². The summed E-state index contributed by atoms with van der Waals surface area (Å²) >= 11 is 1.42. The van der Waals surface area contributed by atoms with Gasteiger partial charge in [-0.3, -0.25) is 4.79 Å². The second-order valence-electron chi connectivity index (χ2n) is 5.11. The molecule has 1 aromatic carbocycles. The highest BCUT2D eigenvalue weighted by atomic mass is 32.1. The molecule has 1 heterocycles. The fourth-order valence-electron chi connectivity index (χ4n) is 1.91. The number of anilines is 3. The van der Waals surface area contributed by atoms with E-state index in [9.17, 15) is 9.59 Å². The van der Waals surface area contributed by atoms with Crippen LogP contribution in [0.15, 0.2) is 30.5 Å². The average molecular weight is 318 g/mol. The highest BCUT2D eigenvalue weighted by Gasteiger charge is 2.20. The fourth-order valence-corrected chi connectivity index (χ4v) is 2.85. The standard InChI is InChI=1S/C15H18N4O2S/c1-9(2)13-8-17-15(22-13)19(14(16)21)12-6-4-5-11(7-12)18-10(3)20/h4-9H,1-3H3,(H2,16,21)(H,18,20). The number of urea groups is 1. The highest BCUT2D eigenvalue weighted by molar-refractivity contribution is 7.15. The maximum atomic E-state index is 11.8. The first-order chi connectivity index (χ1) is 10.4. The van der Waals surface area contributed by atoms with Gasteiger partial charge in [-0.2, -0.15) is 0 Å². The zero-order chi connectivity index (χ0) is 16.3. The van der Waals surface area contributed by atoms with Crippen LogP contribution in [0, 0.1) is 0 Å². The van der Waals surface area contributed by atoms with Crippen molar-refractivity contribution in [3.05, 3.63) is 35.3 Å². The number of nitrogens with two attached hydrogens (primary N) is 1. The number of nitrogens with zero attached hydrogens (tertiary/aromatic N) is 2. The minimum atomic E-state index is -0.621. The van der Waals surface area contributed by atoms with Crippen LogP contribution in [0.1, 0.15) is 31.6 Å². The number of hydrogen-bond acceptors (Lipinski definition) is 4. The molecule has 2 aromatic rings. The zero-order valence-corrected chi connectivity index (χ0v) is 13.5. The number of nitrogens with one attached hydrogen (secondary N) is 1.